The van der Waals surface area contributed by atoms with Gasteiger partial charge in [0.2, 0.25) is 0 Å². The van der Waals surface area contributed by atoms with Gasteiger partial charge in [0.15, 0.2) is 0 Å². The third-order valence-corrected chi connectivity index (χ3v) is 6.30. The highest BCUT2D eigenvalue weighted by atomic mass is 16.4. The van der Waals surface area contributed by atoms with Gasteiger partial charge in [0, 0.05) is 56.5 Å². The molecule has 0 unspecified atom stereocenters. The number of carboxylic acids is 1. The van der Waals surface area contributed by atoms with E-state index in [0.29, 0.717) is 5.56 Å². The lowest BCUT2D eigenvalue weighted by Crippen LogP contribution is -2.45. The van der Waals surface area contributed by atoms with Crippen molar-refractivity contribution >= 4 is 28.2 Å². The van der Waals surface area contributed by atoms with E-state index in [4.69, 9.17) is 0 Å². The minimum atomic E-state index is -0.917. The van der Waals surface area contributed by atoms with E-state index < -0.39 is 5.97 Å². The molecule has 3 aromatic rings. The summed E-state index contributed by atoms with van der Waals surface area (Å²) in [4.78, 5) is 23.4. The molecule has 6 nitrogen and oxygen atoms in total. The molecule has 0 atom stereocenters. The standard InChI is InChI=1S/C24H26N4O2/c1-26-9-11-27(12-10-26)23-19-14-22-18(13-21(19)25-15-20(23)24(29)30)7-8-28(22)16-17-5-3-2-4-6-17/h2-6,13-15H,7-12,16H2,1H3,(H,29,30). The van der Waals surface area contributed by atoms with Gasteiger partial charge in [0.05, 0.1) is 11.2 Å². The number of hydrogen-bond donors (Lipinski definition) is 1. The van der Waals surface area contributed by atoms with Crippen LogP contribution < -0.4 is 9.80 Å². The molecule has 30 heavy (non-hydrogen) atoms. The van der Waals surface area contributed by atoms with Crippen molar-refractivity contribution in [1.29, 1.82) is 0 Å². The van der Waals surface area contributed by atoms with Crippen molar-refractivity contribution in [3.63, 3.8) is 0 Å². The highest BCUT2D eigenvalue weighted by Gasteiger charge is 2.26. The van der Waals surface area contributed by atoms with Crippen LogP contribution in [0.1, 0.15) is 21.5 Å². The molecule has 0 saturated carbocycles. The Morgan fingerprint density at radius 1 is 1.07 bits per heavy atom. The van der Waals surface area contributed by atoms with Gasteiger partial charge in [-0.05, 0) is 36.7 Å². The van der Waals surface area contributed by atoms with Gasteiger partial charge in [-0.15, -0.1) is 0 Å². The molecule has 2 aliphatic rings. The molecule has 1 saturated heterocycles. The lowest BCUT2D eigenvalue weighted by atomic mass is 10.0. The summed E-state index contributed by atoms with van der Waals surface area (Å²) in [6, 6.07) is 14.8. The normalized spacial score (nSPS) is 16.8. The van der Waals surface area contributed by atoms with Crippen LogP contribution in [-0.4, -0.2) is 60.7 Å². The summed E-state index contributed by atoms with van der Waals surface area (Å²) < 4.78 is 0. The van der Waals surface area contributed by atoms with Gasteiger partial charge >= 0.3 is 5.97 Å². The number of nitrogens with zero attached hydrogens (tertiary/aromatic N) is 4. The molecule has 2 aromatic carbocycles. The summed E-state index contributed by atoms with van der Waals surface area (Å²) in [5.74, 6) is -0.917. The Morgan fingerprint density at radius 3 is 2.57 bits per heavy atom. The van der Waals surface area contributed by atoms with Gasteiger partial charge in [-0.3, -0.25) is 4.98 Å². The number of aromatic nitrogens is 1. The molecule has 0 bridgehead atoms. The number of fused-ring (bicyclic) bond motifs is 2. The van der Waals surface area contributed by atoms with Crippen molar-refractivity contribution < 1.29 is 9.90 Å². The summed E-state index contributed by atoms with van der Waals surface area (Å²) in [6.07, 6.45) is 2.52. The van der Waals surface area contributed by atoms with E-state index >= 15 is 0 Å². The van der Waals surface area contributed by atoms with E-state index in [1.807, 2.05) is 6.07 Å². The summed E-state index contributed by atoms with van der Waals surface area (Å²) in [5.41, 5.74) is 5.76. The minimum Gasteiger partial charge on any atom is -0.478 e. The Morgan fingerprint density at radius 2 is 1.83 bits per heavy atom. The van der Waals surface area contributed by atoms with Crippen molar-refractivity contribution in [3.05, 3.63) is 65.4 Å². The first-order chi connectivity index (χ1) is 14.6. The summed E-state index contributed by atoms with van der Waals surface area (Å²) in [5, 5.41) is 10.8. The molecule has 0 aliphatic carbocycles. The second-order valence-corrected chi connectivity index (χ2v) is 8.27. The molecule has 3 heterocycles. The van der Waals surface area contributed by atoms with Crippen LogP contribution >= 0.6 is 0 Å². The lowest BCUT2D eigenvalue weighted by Gasteiger charge is -2.35. The van der Waals surface area contributed by atoms with Crippen LogP contribution in [0.3, 0.4) is 0 Å². The molecule has 0 amide bonds. The van der Waals surface area contributed by atoms with E-state index in [2.05, 4.69) is 63.1 Å². The average Bonchev–Trinajstić information content (AvgIpc) is 3.14. The van der Waals surface area contributed by atoms with Crippen molar-refractivity contribution in [1.82, 2.24) is 9.88 Å². The van der Waals surface area contributed by atoms with E-state index in [-0.39, 0.29) is 0 Å². The number of rotatable bonds is 4. The van der Waals surface area contributed by atoms with Gasteiger partial charge in [-0.1, -0.05) is 30.3 Å². The number of anilines is 2. The highest BCUT2D eigenvalue weighted by molar-refractivity contribution is 6.06. The topological polar surface area (TPSA) is 59.9 Å². The molecule has 1 N–H and O–H groups in total. The highest BCUT2D eigenvalue weighted by Crippen LogP contribution is 2.38. The second kappa shape index (κ2) is 7.61. The first-order valence-corrected chi connectivity index (χ1v) is 10.5. The fourth-order valence-corrected chi connectivity index (χ4v) is 4.62. The molecule has 1 fully saturated rings. The van der Waals surface area contributed by atoms with Gasteiger partial charge in [-0.25, -0.2) is 4.79 Å². The van der Waals surface area contributed by atoms with Gasteiger partial charge in [-0.2, -0.15) is 0 Å². The third kappa shape index (κ3) is 3.37. The molecule has 5 rings (SSSR count). The number of carboxylic acid groups (broad SMARTS) is 1. The van der Waals surface area contributed by atoms with Crippen LogP contribution in [0.15, 0.2) is 48.7 Å². The first-order valence-electron chi connectivity index (χ1n) is 10.5. The zero-order chi connectivity index (χ0) is 20.7. The van der Waals surface area contributed by atoms with Gasteiger partial charge < -0.3 is 19.8 Å². The van der Waals surface area contributed by atoms with Crippen molar-refractivity contribution in [3.8, 4) is 0 Å². The maximum atomic E-state index is 12.0. The molecule has 0 spiro atoms. The molecule has 1 aromatic heterocycles. The fraction of sp³-hybridized carbons (Fsp3) is 0.333. The van der Waals surface area contributed by atoms with Gasteiger partial charge in [0.1, 0.15) is 5.56 Å². The Bertz CT molecular complexity index is 1090. The maximum Gasteiger partial charge on any atom is 0.339 e. The number of pyridine rings is 1. The average molecular weight is 402 g/mol. The zero-order valence-electron chi connectivity index (χ0n) is 17.2. The number of hydrogen-bond acceptors (Lipinski definition) is 5. The SMILES string of the molecule is CN1CCN(c2c(C(=O)O)cnc3cc4c(cc23)N(Cc2ccccc2)CC4)CC1. The molecule has 154 valence electrons. The monoisotopic (exact) mass is 402 g/mol. The van der Waals surface area contributed by atoms with Crippen LogP contribution in [0.4, 0.5) is 11.4 Å². The van der Waals surface area contributed by atoms with E-state index in [1.165, 1.54) is 23.0 Å². The van der Waals surface area contributed by atoms with E-state index in [9.17, 15) is 9.90 Å². The fourth-order valence-electron chi connectivity index (χ4n) is 4.62. The van der Waals surface area contributed by atoms with Crippen LogP contribution in [0.5, 0.6) is 0 Å². The number of likely N-dealkylation sites (N-methyl/N-ethyl adjacent to an activating group) is 1. The third-order valence-electron chi connectivity index (χ3n) is 6.30. The first kappa shape index (κ1) is 18.9. The Balaban J connectivity index is 1.60. The summed E-state index contributed by atoms with van der Waals surface area (Å²) in [6.45, 7) is 5.31. The predicted molar refractivity (Wildman–Crippen MR) is 120 cm³/mol. The lowest BCUT2D eigenvalue weighted by molar-refractivity contribution is 0.0697. The molecular weight excluding hydrogens is 376 g/mol. The Hall–Kier alpha value is -3.12. The predicted octanol–water partition coefficient (Wildman–Crippen LogP) is 3.25. The Labute approximate surface area is 176 Å². The molecule has 0 radical (unpaired) electrons. The van der Waals surface area contributed by atoms with Crippen LogP contribution in [0, 0.1) is 0 Å². The van der Waals surface area contributed by atoms with Crippen LogP contribution in [-0.2, 0) is 13.0 Å². The number of piperazine rings is 1. The molecule has 2 aliphatic heterocycles. The molecular formula is C24H26N4O2. The van der Waals surface area contributed by atoms with E-state index in [1.54, 1.807) is 0 Å². The second-order valence-electron chi connectivity index (χ2n) is 8.27. The van der Waals surface area contributed by atoms with Gasteiger partial charge in [0.25, 0.3) is 0 Å². The largest absolute Gasteiger partial charge is 0.478 e. The van der Waals surface area contributed by atoms with Crippen molar-refractivity contribution in [2.75, 3.05) is 49.6 Å². The van der Waals surface area contributed by atoms with Crippen LogP contribution in [0.25, 0.3) is 10.9 Å². The number of benzene rings is 2. The number of carbonyl (C=O) groups is 1. The molecule has 6 heteroatoms. The maximum absolute atomic E-state index is 12.0. The van der Waals surface area contributed by atoms with Crippen molar-refractivity contribution in [2.45, 2.75) is 13.0 Å². The smallest absolute Gasteiger partial charge is 0.339 e. The number of aromatic carboxylic acids is 1. The quantitative estimate of drug-likeness (QED) is 0.723. The minimum absolute atomic E-state index is 0.291. The summed E-state index contributed by atoms with van der Waals surface area (Å²) >= 11 is 0. The van der Waals surface area contributed by atoms with Crippen molar-refractivity contribution in [2.24, 2.45) is 0 Å². The van der Waals surface area contributed by atoms with E-state index in [0.717, 1.165) is 62.3 Å². The van der Waals surface area contributed by atoms with Crippen LogP contribution in [0.2, 0.25) is 0 Å². The zero-order valence-corrected chi connectivity index (χ0v) is 17.2. The summed E-state index contributed by atoms with van der Waals surface area (Å²) in [7, 11) is 2.11. The Kier molecular flexibility index (Phi) is 4.79.